The predicted molar refractivity (Wildman–Crippen MR) is 104 cm³/mol. The zero-order valence-electron chi connectivity index (χ0n) is 15.1. The Morgan fingerprint density at radius 2 is 1.81 bits per heavy atom. The molecule has 0 aliphatic heterocycles. The van der Waals surface area contributed by atoms with Crippen LogP contribution in [0.25, 0.3) is 6.08 Å². The highest BCUT2D eigenvalue weighted by atomic mass is 16.6. The van der Waals surface area contributed by atoms with E-state index < -0.39 is 4.92 Å². The van der Waals surface area contributed by atoms with Crippen LogP contribution in [0, 0.1) is 10.1 Å². The summed E-state index contributed by atoms with van der Waals surface area (Å²) in [5, 5.41) is 16.6. The van der Waals surface area contributed by atoms with Gasteiger partial charge in [-0.3, -0.25) is 19.7 Å². The van der Waals surface area contributed by atoms with Gasteiger partial charge in [0.05, 0.1) is 16.5 Å². The second-order valence-corrected chi connectivity index (χ2v) is 5.90. The van der Waals surface area contributed by atoms with E-state index in [-0.39, 0.29) is 23.5 Å². The lowest BCUT2D eigenvalue weighted by Crippen LogP contribution is -2.24. The quantitative estimate of drug-likeness (QED) is 0.441. The maximum atomic E-state index is 12.1. The average Bonchev–Trinajstić information content (AvgIpc) is 2.66. The van der Waals surface area contributed by atoms with Gasteiger partial charge in [0.1, 0.15) is 0 Å². The van der Waals surface area contributed by atoms with E-state index in [0.29, 0.717) is 17.7 Å². The summed E-state index contributed by atoms with van der Waals surface area (Å²) < 4.78 is 0. The molecule has 0 bridgehead atoms. The number of nitro groups is 1. The molecule has 2 amide bonds. The highest BCUT2D eigenvalue weighted by Gasteiger charge is 2.11. The molecule has 0 saturated carbocycles. The Hall–Kier alpha value is -3.48. The summed E-state index contributed by atoms with van der Waals surface area (Å²) in [5.41, 5.74) is 1.87. The number of rotatable bonds is 7. The minimum atomic E-state index is -0.487. The summed E-state index contributed by atoms with van der Waals surface area (Å²) in [6.45, 7) is 3.61. The fourth-order valence-electron chi connectivity index (χ4n) is 2.41. The number of anilines is 1. The molecule has 1 unspecified atom stereocenters. The minimum Gasteiger partial charge on any atom is -0.346 e. The molecule has 0 saturated heterocycles. The fraction of sp³-hybridized carbons (Fsp3) is 0.200. The molecule has 7 heteroatoms. The third-order valence-corrected chi connectivity index (χ3v) is 3.92. The molecule has 0 aliphatic carbocycles. The van der Waals surface area contributed by atoms with Crippen LogP contribution >= 0.6 is 0 Å². The zero-order chi connectivity index (χ0) is 19.8. The van der Waals surface area contributed by atoms with E-state index in [1.807, 2.05) is 19.1 Å². The number of hydrogen-bond donors (Lipinski definition) is 2. The first-order valence-electron chi connectivity index (χ1n) is 8.52. The average molecular weight is 367 g/mol. The lowest BCUT2D eigenvalue weighted by Gasteiger charge is -2.14. The van der Waals surface area contributed by atoms with Gasteiger partial charge >= 0.3 is 0 Å². The smallest absolute Gasteiger partial charge is 0.276 e. The lowest BCUT2D eigenvalue weighted by molar-refractivity contribution is -0.385. The van der Waals surface area contributed by atoms with Crippen LogP contribution in [0.2, 0.25) is 0 Å². The molecule has 0 spiro atoms. The van der Waals surface area contributed by atoms with Crippen molar-refractivity contribution < 1.29 is 14.5 Å². The molecule has 2 N–H and O–H groups in total. The van der Waals surface area contributed by atoms with E-state index >= 15 is 0 Å². The Labute approximate surface area is 157 Å². The van der Waals surface area contributed by atoms with Gasteiger partial charge in [0.15, 0.2) is 0 Å². The van der Waals surface area contributed by atoms with Crippen LogP contribution in [0.1, 0.15) is 37.4 Å². The molecule has 0 radical (unpaired) electrons. The number of nitro benzene ring substituents is 1. The molecular formula is C20H21N3O4. The van der Waals surface area contributed by atoms with Crippen LogP contribution in [0.3, 0.4) is 0 Å². The van der Waals surface area contributed by atoms with Gasteiger partial charge in [-0.25, -0.2) is 0 Å². The molecule has 2 aromatic carbocycles. The molecule has 2 aromatic rings. The Balaban J connectivity index is 1.99. The van der Waals surface area contributed by atoms with Gasteiger partial charge in [-0.1, -0.05) is 31.2 Å². The van der Waals surface area contributed by atoms with E-state index in [1.54, 1.807) is 37.3 Å². The first-order chi connectivity index (χ1) is 12.9. The molecule has 0 aliphatic rings. The Bertz CT molecular complexity index is 860. The van der Waals surface area contributed by atoms with Crippen molar-refractivity contribution in [2.24, 2.45) is 0 Å². The second kappa shape index (κ2) is 9.28. The summed E-state index contributed by atoms with van der Waals surface area (Å²) in [4.78, 5) is 34.0. The minimum absolute atomic E-state index is 0.0562. The van der Waals surface area contributed by atoms with Crippen molar-refractivity contribution in [2.45, 2.75) is 26.3 Å². The Morgan fingerprint density at radius 3 is 2.44 bits per heavy atom. The number of carbonyl (C=O) groups is 2. The lowest BCUT2D eigenvalue weighted by atomic mass is 10.1. The molecule has 0 heterocycles. The molecule has 0 fully saturated rings. The Morgan fingerprint density at radius 1 is 1.15 bits per heavy atom. The monoisotopic (exact) mass is 367 g/mol. The predicted octanol–water partition coefficient (Wildman–Crippen LogP) is 3.83. The topological polar surface area (TPSA) is 101 Å². The van der Waals surface area contributed by atoms with Crippen molar-refractivity contribution in [3.8, 4) is 0 Å². The number of nitrogens with zero attached hydrogens (tertiary/aromatic N) is 1. The van der Waals surface area contributed by atoms with Crippen LogP contribution in [0.5, 0.6) is 0 Å². The van der Waals surface area contributed by atoms with E-state index in [2.05, 4.69) is 10.6 Å². The first-order valence-corrected chi connectivity index (χ1v) is 8.52. The normalized spacial score (nSPS) is 11.8. The molecule has 1 atom stereocenters. The van der Waals surface area contributed by atoms with Crippen molar-refractivity contribution >= 4 is 29.3 Å². The third kappa shape index (κ3) is 5.78. The Kier molecular flexibility index (Phi) is 6.82. The van der Waals surface area contributed by atoms with Crippen LogP contribution in [-0.4, -0.2) is 16.7 Å². The summed E-state index contributed by atoms with van der Waals surface area (Å²) in [6.07, 6.45) is 3.10. The third-order valence-electron chi connectivity index (χ3n) is 3.92. The fourth-order valence-corrected chi connectivity index (χ4v) is 2.41. The highest BCUT2D eigenvalue weighted by Crippen LogP contribution is 2.19. The molecule has 0 aromatic heterocycles. The first kappa shape index (κ1) is 19.8. The second-order valence-electron chi connectivity index (χ2n) is 5.90. The molecule has 2 rings (SSSR count). The van der Waals surface area contributed by atoms with Crippen molar-refractivity contribution in [1.29, 1.82) is 0 Å². The number of benzene rings is 2. The van der Waals surface area contributed by atoms with E-state index in [9.17, 15) is 19.7 Å². The SMILES string of the molecule is CCC(=O)Nc1ccc(C(C)NC(=O)/C=C/c2ccccc2[N+](=O)[O-])cc1. The van der Waals surface area contributed by atoms with Gasteiger partial charge in [0, 0.05) is 24.3 Å². The zero-order valence-corrected chi connectivity index (χ0v) is 15.1. The van der Waals surface area contributed by atoms with E-state index in [1.165, 1.54) is 18.2 Å². The van der Waals surface area contributed by atoms with Gasteiger partial charge in [-0.05, 0) is 36.8 Å². The van der Waals surface area contributed by atoms with Crippen molar-refractivity contribution in [3.05, 3.63) is 75.8 Å². The van der Waals surface area contributed by atoms with Crippen LogP contribution < -0.4 is 10.6 Å². The highest BCUT2D eigenvalue weighted by molar-refractivity contribution is 5.92. The van der Waals surface area contributed by atoms with Gasteiger partial charge in [0.2, 0.25) is 11.8 Å². The summed E-state index contributed by atoms with van der Waals surface area (Å²) >= 11 is 0. The van der Waals surface area contributed by atoms with Gasteiger partial charge in [-0.2, -0.15) is 0 Å². The van der Waals surface area contributed by atoms with E-state index in [4.69, 9.17) is 0 Å². The van der Waals surface area contributed by atoms with Gasteiger partial charge in [-0.15, -0.1) is 0 Å². The summed E-state index contributed by atoms with van der Waals surface area (Å²) in [7, 11) is 0. The number of nitrogens with one attached hydrogen (secondary N) is 2. The molecular weight excluding hydrogens is 346 g/mol. The number of para-hydroxylation sites is 1. The standard InChI is InChI=1S/C20H21N3O4/c1-3-19(24)22-17-11-8-15(9-12-17)14(2)21-20(25)13-10-16-6-4-5-7-18(16)23(26)27/h4-14H,3H2,1-2H3,(H,21,25)(H,22,24)/b13-10+. The molecule has 7 nitrogen and oxygen atoms in total. The summed E-state index contributed by atoms with van der Waals surface area (Å²) in [5.74, 6) is -0.423. The number of hydrogen-bond acceptors (Lipinski definition) is 4. The van der Waals surface area contributed by atoms with Crippen LogP contribution in [-0.2, 0) is 9.59 Å². The maximum absolute atomic E-state index is 12.1. The van der Waals surface area contributed by atoms with Crippen molar-refractivity contribution in [2.75, 3.05) is 5.32 Å². The van der Waals surface area contributed by atoms with Crippen molar-refractivity contribution in [1.82, 2.24) is 5.32 Å². The largest absolute Gasteiger partial charge is 0.346 e. The van der Waals surface area contributed by atoms with Crippen LogP contribution in [0.15, 0.2) is 54.6 Å². The van der Waals surface area contributed by atoms with Gasteiger partial charge < -0.3 is 10.6 Å². The number of carbonyl (C=O) groups excluding carboxylic acids is 2. The number of amides is 2. The molecule has 140 valence electrons. The van der Waals surface area contributed by atoms with E-state index in [0.717, 1.165) is 5.56 Å². The van der Waals surface area contributed by atoms with Crippen molar-refractivity contribution in [3.63, 3.8) is 0 Å². The van der Waals surface area contributed by atoms with Gasteiger partial charge in [0.25, 0.3) is 5.69 Å². The molecule has 27 heavy (non-hydrogen) atoms. The summed E-state index contributed by atoms with van der Waals surface area (Å²) in [6, 6.07) is 13.1. The van der Waals surface area contributed by atoms with Crippen LogP contribution in [0.4, 0.5) is 11.4 Å². The maximum Gasteiger partial charge on any atom is 0.276 e.